The van der Waals surface area contributed by atoms with Gasteiger partial charge in [0.2, 0.25) is 0 Å². The first-order valence-electron chi connectivity index (χ1n) is 4.99. The van der Waals surface area contributed by atoms with E-state index in [0.29, 0.717) is 12.6 Å². The number of hydrogen-bond donors (Lipinski definition) is 0. The largest absolute Gasteiger partial charge is 0.463 e. The Morgan fingerprint density at radius 2 is 1.75 bits per heavy atom. The summed E-state index contributed by atoms with van der Waals surface area (Å²) < 4.78 is 6.49. The monoisotopic (exact) mass is 278 g/mol. The number of nitrogens with zero attached hydrogens (tertiary/aromatic N) is 2. The molecule has 1 heterocycles. The van der Waals surface area contributed by atoms with Crippen LogP contribution in [0.5, 0.6) is 6.01 Å². The van der Waals surface area contributed by atoms with Crippen molar-refractivity contribution < 1.29 is 4.74 Å². The molecule has 2 rings (SSSR count). The Bertz CT molecular complexity index is 431. The van der Waals surface area contributed by atoms with Gasteiger partial charge in [-0.1, -0.05) is 28.1 Å². The van der Waals surface area contributed by atoms with E-state index in [1.54, 1.807) is 18.5 Å². The van der Waals surface area contributed by atoms with Gasteiger partial charge >= 0.3 is 6.01 Å². The van der Waals surface area contributed by atoms with Crippen molar-refractivity contribution in [2.45, 2.75) is 6.42 Å². The van der Waals surface area contributed by atoms with Crippen molar-refractivity contribution in [1.29, 1.82) is 0 Å². The normalized spacial score (nSPS) is 10.1. The van der Waals surface area contributed by atoms with Crippen molar-refractivity contribution in [2.75, 3.05) is 6.61 Å². The van der Waals surface area contributed by atoms with Crippen molar-refractivity contribution in [3.63, 3.8) is 0 Å². The Balaban J connectivity index is 1.82. The molecule has 0 aliphatic carbocycles. The van der Waals surface area contributed by atoms with Gasteiger partial charge in [-0.2, -0.15) is 0 Å². The van der Waals surface area contributed by atoms with E-state index < -0.39 is 0 Å². The number of rotatable bonds is 4. The molecule has 16 heavy (non-hydrogen) atoms. The van der Waals surface area contributed by atoms with Crippen LogP contribution in [0.2, 0.25) is 0 Å². The molecular weight excluding hydrogens is 268 g/mol. The van der Waals surface area contributed by atoms with Gasteiger partial charge in [0.25, 0.3) is 0 Å². The van der Waals surface area contributed by atoms with Crippen LogP contribution in [0.15, 0.2) is 47.2 Å². The predicted octanol–water partition coefficient (Wildman–Crippen LogP) is 2.86. The molecule has 0 fully saturated rings. The average molecular weight is 279 g/mol. The van der Waals surface area contributed by atoms with E-state index in [9.17, 15) is 0 Å². The highest BCUT2D eigenvalue weighted by atomic mass is 79.9. The summed E-state index contributed by atoms with van der Waals surface area (Å²) in [7, 11) is 0. The third-order valence-corrected chi connectivity index (χ3v) is 2.61. The third-order valence-electron chi connectivity index (χ3n) is 2.08. The second-order valence-corrected chi connectivity index (χ2v) is 4.17. The molecule has 82 valence electrons. The zero-order chi connectivity index (χ0) is 11.2. The van der Waals surface area contributed by atoms with Gasteiger partial charge in [-0.25, -0.2) is 9.97 Å². The molecule has 0 aliphatic rings. The minimum atomic E-state index is 0.430. The van der Waals surface area contributed by atoms with Crippen LogP contribution < -0.4 is 4.74 Å². The first-order valence-corrected chi connectivity index (χ1v) is 5.78. The summed E-state index contributed by atoms with van der Waals surface area (Å²) >= 11 is 3.40. The number of hydrogen-bond acceptors (Lipinski definition) is 3. The molecule has 4 heteroatoms. The second kappa shape index (κ2) is 5.61. The molecule has 1 aromatic carbocycles. The Hall–Kier alpha value is -1.42. The van der Waals surface area contributed by atoms with Gasteiger partial charge in [0.15, 0.2) is 0 Å². The lowest BCUT2D eigenvalue weighted by molar-refractivity contribution is 0.296. The Labute approximate surface area is 103 Å². The average Bonchev–Trinajstić information content (AvgIpc) is 2.33. The Morgan fingerprint density at radius 1 is 1.06 bits per heavy atom. The molecule has 0 bridgehead atoms. The van der Waals surface area contributed by atoms with E-state index in [0.717, 1.165) is 10.9 Å². The molecule has 3 nitrogen and oxygen atoms in total. The zero-order valence-electron chi connectivity index (χ0n) is 8.64. The summed E-state index contributed by atoms with van der Waals surface area (Å²) in [5.41, 5.74) is 1.24. The maximum Gasteiger partial charge on any atom is 0.316 e. The van der Waals surface area contributed by atoms with Crippen LogP contribution in [-0.4, -0.2) is 16.6 Å². The minimum Gasteiger partial charge on any atom is -0.463 e. The molecule has 0 N–H and O–H groups in total. The van der Waals surface area contributed by atoms with Crippen molar-refractivity contribution in [1.82, 2.24) is 9.97 Å². The summed E-state index contributed by atoms with van der Waals surface area (Å²) in [6, 6.07) is 10.4. The van der Waals surface area contributed by atoms with Crippen molar-refractivity contribution >= 4 is 15.9 Å². The van der Waals surface area contributed by atoms with Crippen LogP contribution in [0, 0.1) is 0 Å². The van der Waals surface area contributed by atoms with Crippen molar-refractivity contribution in [3.8, 4) is 6.01 Å². The van der Waals surface area contributed by atoms with Crippen LogP contribution in [0.25, 0.3) is 0 Å². The Morgan fingerprint density at radius 3 is 2.44 bits per heavy atom. The molecule has 0 spiro atoms. The summed E-state index contributed by atoms with van der Waals surface area (Å²) in [4.78, 5) is 7.97. The molecule has 0 amide bonds. The molecule has 0 saturated heterocycles. The predicted molar refractivity (Wildman–Crippen MR) is 65.4 cm³/mol. The van der Waals surface area contributed by atoms with E-state index in [1.165, 1.54) is 5.56 Å². The van der Waals surface area contributed by atoms with E-state index in [-0.39, 0.29) is 0 Å². The zero-order valence-corrected chi connectivity index (χ0v) is 10.2. The molecule has 0 saturated carbocycles. The number of halogens is 1. The molecule has 1 aromatic heterocycles. The van der Waals surface area contributed by atoms with Crippen LogP contribution in [0.3, 0.4) is 0 Å². The van der Waals surface area contributed by atoms with E-state index in [4.69, 9.17) is 4.74 Å². The molecule has 0 atom stereocenters. The highest BCUT2D eigenvalue weighted by Crippen LogP contribution is 2.11. The molecule has 0 radical (unpaired) electrons. The highest BCUT2D eigenvalue weighted by Gasteiger charge is 1.96. The topological polar surface area (TPSA) is 35.0 Å². The van der Waals surface area contributed by atoms with E-state index in [1.807, 2.05) is 12.1 Å². The van der Waals surface area contributed by atoms with Gasteiger partial charge in [0.05, 0.1) is 6.61 Å². The SMILES string of the molecule is Brc1ccc(CCOc2ncccn2)cc1. The fourth-order valence-corrected chi connectivity index (χ4v) is 1.54. The second-order valence-electron chi connectivity index (χ2n) is 3.26. The number of benzene rings is 1. The third kappa shape index (κ3) is 3.31. The molecule has 2 aromatic rings. The van der Waals surface area contributed by atoms with Gasteiger partial charge in [0, 0.05) is 23.3 Å². The fourth-order valence-electron chi connectivity index (χ4n) is 1.27. The molecule has 0 aliphatic heterocycles. The summed E-state index contributed by atoms with van der Waals surface area (Å²) in [5.74, 6) is 0. The van der Waals surface area contributed by atoms with Crippen molar-refractivity contribution in [2.24, 2.45) is 0 Å². The minimum absolute atomic E-state index is 0.430. The van der Waals surface area contributed by atoms with E-state index in [2.05, 4.69) is 38.0 Å². The van der Waals surface area contributed by atoms with Crippen LogP contribution >= 0.6 is 15.9 Å². The summed E-state index contributed by atoms with van der Waals surface area (Å²) in [5, 5.41) is 0. The fraction of sp³-hybridized carbons (Fsp3) is 0.167. The molecular formula is C12H11BrN2O. The van der Waals surface area contributed by atoms with Crippen LogP contribution in [-0.2, 0) is 6.42 Å². The maximum atomic E-state index is 5.41. The summed E-state index contributed by atoms with van der Waals surface area (Å²) in [6.07, 6.45) is 4.19. The smallest absolute Gasteiger partial charge is 0.316 e. The lowest BCUT2D eigenvalue weighted by atomic mass is 10.2. The number of ether oxygens (including phenoxy) is 1. The van der Waals surface area contributed by atoms with Gasteiger partial charge in [-0.05, 0) is 23.8 Å². The van der Waals surface area contributed by atoms with Crippen LogP contribution in [0.1, 0.15) is 5.56 Å². The summed E-state index contributed by atoms with van der Waals surface area (Å²) in [6.45, 7) is 0.589. The van der Waals surface area contributed by atoms with Crippen LogP contribution in [0.4, 0.5) is 0 Å². The number of aromatic nitrogens is 2. The Kier molecular flexibility index (Phi) is 3.88. The van der Waals surface area contributed by atoms with Gasteiger partial charge in [0.1, 0.15) is 0 Å². The lowest BCUT2D eigenvalue weighted by Gasteiger charge is -2.03. The van der Waals surface area contributed by atoms with Gasteiger partial charge in [-0.3, -0.25) is 0 Å². The van der Waals surface area contributed by atoms with Gasteiger partial charge < -0.3 is 4.74 Å². The first kappa shape index (κ1) is 11.1. The highest BCUT2D eigenvalue weighted by molar-refractivity contribution is 9.10. The lowest BCUT2D eigenvalue weighted by Crippen LogP contribution is -2.03. The molecule has 0 unspecified atom stereocenters. The maximum absolute atomic E-state index is 5.41. The first-order chi connectivity index (χ1) is 7.84. The van der Waals surface area contributed by atoms with E-state index >= 15 is 0 Å². The van der Waals surface area contributed by atoms with Gasteiger partial charge in [-0.15, -0.1) is 0 Å². The van der Waals surface area contributed by atoms with Crippen molar-refractivity contribution in [3.05, 3.63) is 52.8 Å². The standard InChI is InChI=1S/C12H11BrN2O/c13-11-4-2-10(3-5-11)6-9-16-12-14-7-1-8-15-12/h1-5,7-8H,6,9H2. The quantitative estimate of drug-likeness (QED) is 0.863.